The highest BCUT2D eigenvalue weighted by atomic mass is 19.1. The van der Waals surface area contributed by atoms with Gasteiger partial charge in [0, 0.05) is 0 Å². The topological polar surface area (TPSA) is 65.4 Å². The zero-order chi connectivity index (χ0) is 16.8. The lowest BCUT2D eigenvalue weighted by Gasteiger charge is -2.04. The van der Waals surface area contributed by atoms with E-state index in [4.69, 9.17) is 0 Å². The fraction of sp³-hybridized carbons (Fsp3) is 0. The molecule has 0 saturated carbocycles. The van der Waals surface area contributed by atoms with E-state index in [-0.39, 0.29) is 22.7 Å². The fourth-order valence-corrected chi connectivity index (χ4v) is 2.87. The van der Waals surface area contributed by atoms with Gasteiger partial charge in [-0.1, -0.05) is 36.4 Å². The average Bonchev–Trinajstić information content (AvgIpc) is 3.08. The smallest absolute Gasteiger partial charge is 0.280 e. The van der Waals surface area contributed by atoms with Gasteiger partial charge in [0.15, 0.2) is 5.88 Å². The number of carbonyl (C=O) groups excluding carboxylic acids is 1. The van der Waals surface area contributed by atoms with Gasteiger partial charge >= 0.3 is 0 Å². The molecule has 0 saturated heterocycles. The van der Waals surface area contributed by atoms with Crippen molar-refractivity contribution >= 4 is 11.6 Å². The van der Waals surface area contributed by atoms with E-state index in [2.05, 4.69) is 9.98 Å². The van der Waals surface area contributed by atoms with E-state index in [0.29, 0.717) is 11.3 Å². The SMILES string of the molecule is O=C1N=C(c2c(F)cccc2F)c2c(O)[nH]c(-c3ccccc3)c21. The number of amides is 1. The lowest BCUT2D eigenvalue weighted by Crippen LogP contribution is -2.06. The number of fused-ring (bicyclic) bond motifs is 1. The highest BCUT2D eigenvalue weighted by Crippen LogP contribution is 2.38. The summed E-state index contributed by atoms with van der Waals surface area (Å²) in [5.41, 5.74) is 0.510. The van der Waals surface area contributed by atoms with Crippen LogP contribution in [0.1, 0.15) is 21.5 Å². The Balaban J connectivity index is 1.96. The monoisotopic (exact) mass is 324 g/mol. The van der Waals surface area contributed by atoms with E-state index in [0.717, 1.165) is 12.1 Å². The van der Waals surface area contributed by atoms with Crippen LogP contribution in [0.3, 0.4) is 0 Å². The van der Waals surface area contributed by atoms with Gasteiger partial charge in [-0.3, -0.25) is 4.79 Å². The summed E-state index contributed by atoms with van der Waals surface area (Å²) in [4.78, 5) is 18.8. The molecule has 0 unspecified atom stereocenters. The summed E-state index contributed by atoms with van der Waals surface area (Å²) in [6, 6.07) is 12.2. The third kappa shape index (κ3) is 1.96. The average molecular weight is 324 g/mol. The Morgan fingerprint density at radius 3 is 2.21 bits per heavy atom. The molecular formula is C18H10F2N2O2. The number of benzene rings is 2. The first-order valence-electron chi connectivity index (χ1n) is 7.16. The summed E-state index contributed by atoms with van der Waals surface area (Å²) in [6.45, 7) is 0. The first kappa shape index (κ1) is 14.3. The molecule has 0 spiro atoms. The van der Waals surface area contributed by atoms with E-state index < -0.39 is 23.1 Å². The second-order valence-corrected chi connectivity index (χ2v) is 5.33. The van der Waals surface area contributed by atoms with Crippen molar-refractivity contribution in [2.45, 2.75) is 0 Å². The van der Waals surface area contributed by atoms with E-state index >= 15 is 0 Å². The number of aliphatic imine (C=N–C) groups is 1. The molecule has 118 valence electrons. The molecule has 2 aromatic carbocycles. The van der Waals surface area contributed by atoms with Gasteiger partial charge in [0.2, 0.25) is 0 Å². The zero-order valence-electron chi connectivity index (χ0n) is 12.2. The molecule has 1 aromatic heterocycles. The van der Waals surface area contributed by atoms with Crippen LogP contribution in [0.25, 0.3) is 11.3 Å². The molecule has 4 nitrogen and oxygen atoms in total. The Bertz CT molecular complexity index is 987. The quantitative estimate of drug-likeness (QED) is 0.755. The molecule has 1 aliphatic rings. The molecule has 0 fully saturated rings. The van der Waals surface area contributed by atoms with Gasteiger partial charge in [-0.25, -0.2) is 13.8 Å². The fourth-order valence-electron chi connectivity index (χ4n) is 2.87. The predicted octanol–water partition coefficient (Wildman–Crippen LogP) is 3.66. The Hall–Kier alpha value is -3.28. The molecule has 6 heteroatoms. The van der Waals surface area contributed by atoms with Gasteiger partial charge in [-0.2, -0.15) is 0 Å². The largest absolute Gasteiger partial charge is 0.494 e. The van der Waals surface area contributed by atoms with Crippen molar-refractivity contribution in [2.75, 3.05) is 0 Å². The highest BCUT2D eigenvalue weighted by Gasteiger charge is 2.35. The van der Waals surface area contributed by atoms with Crippen LogP contribution >= 0.6 is 0 Å². The van der Waals surface area contributed by atoms with Crippen LogP contribution in [0.15, 0.2) is 53.5 Å². The minimum atomic E-state index is -0.851. The van der Waals surface area contributed by atoms with Crippen molar-refractivity contribution in [3.8, 4) is 17.1 Å². The summed E-state index contributed by atoms with van der Waals surface area (Å²) in [7, 11) is 0. The van der Waals surface area contributed by atoms with Gasteiger partial charge in [0.25, 0.3) is 5.91 Å². The van der Waals surface area contributed by atoms with E-state index in [1.54, 1.807) is 24.3 Å². The first-order chi connectivity index (χ1) is 11.6. The number of hydrogen-bond acceptors (Lipinski definition) is 2. The maximum absolute atomic E-state index is 14.1. The number of halogens is 2. The van der Waals surface area contributed by atoms with Crippen LogP contribution in [0, 0.1) is 11.6 Å². The number of nitrogens with one attached hydrogen (secondary N) is 1. The van der Waals surface area contributed by atoms with Gasteiger partial charge in [0.1, 0.15) is 11.6 Å². The second-order valence-electron chi connectivity index (χ2n) is 5.33. The molecule has 4 rings (SSSR count). The number of aromatic hydroxyl groups is 1. The van der Waals surface area contributed by atoms with E-state index in [1.165, 1.54) is 6.07 Å². The van der Waals surface area contributed by atoms with Crippen molar-refractivity contribution in [2.24, 2.45) is 4.99 Å². The summed E-state index contributed by atoms with van der Waals surface area (Å²) in [6.07, 6.45) is 0. The third-order valence-electron chi connectivity index (χ3n) is 3.91. The summed E-state index contributed by atoms with van der Waals surface area (Å²) in [5.74, 6) is -2.71. The Kier molecular flexibility index (Phi) is 3.06. The summed E-state index contributed by atoms with van der Waals surface area (Å²) >= 11 is 0. The molecule has 0 bridgehead atoms. The molecule has 2 N–H and O–H groups in total. The summed E-state index contributed by atoms with van der Waals surface area (Å²) < 4.78 is 28.1. The van der Waals surface area contributed by atoms with Crippen molar-refractivity contribution in [1.29, 1.82) is 0 Å². The third-order valence-corrected chi connectivity index (χ3v) is 3.91. The Morgan fingerprint density at radius 2 is 1.54 bits per heavy atom. The molecule has 2 heterocycles. The zero-order valence-corrected chi connectivity index (χ0v) is 12.2. The van der Waals surface area contributed by atoms with Gasteiger partial charge < -0.3 is 10.1 Å². The molecule has 1 aliphatic heterocycles. The lowest BCUT2D eigenvalue weighted by atomic mass is 9.99. The number of rotatable bonds is 2. The number of aromatic amines is 1. The maximum atomic E-state index is 14.1. The van der Waals surface area contributed by atoms with Crippen molar-refractivity contribution < 1.29 is 18.7 Å². The van der Waals surface area contributed by atoms with Crippen LogP contribution in [-0.4, -0.2) is 21.7 Å². The number of aromatic nitrogens is 1. The Morgan fingerprint density at radius 1 is 0.875 bits per heavy atom. The van der Waals surface area contributed by atoms with Crippen LogP contribution < -0.4 is 0 Å². The van der Waals surface area contributed by atoms with Crippen molar-refractivity contribution in [3.05, 3.63) is 76.9 Å². The van der Waals surface area contributed by atoms with Crippen molar-refractivity contribution in [1.82, 2.24) is 4.98 Å². The molecular weight excluding hydrogens is 314 g/mol. The van der Waals surface area contributed by atoms with Gasteiger partial charge in [-0.05, 0) is 17.7 Å². The highest BCUT2D eigenvalue weighted by molar-refractivity contribution is 6.30. The standard InChI is InChI=1S/C18H10F2N2O2/c19-10-7-4-8-11(20)12(10)16-14-13(17(23)22-16)15(21-18(14)24)9-5-2-1-3-6-9/h1-8,21,24H. The molecule has 0 radical (unpaired) electrons. The second kappa shape index (κ2) is 5.13. The normalized spacial score (nSPS) is 13.1. The number of nitrogens with zero attached hydrogens (tertiary/aromatic N) is 1. The molecule has 1 amide bonds. The number of hydrogen-bond donors (Lipinski definition) is 2. The maximum Gasteiger partial charge on any atom is 0.280 e. The minimum Gasteiger partial charge on any atom is -0.494 e. The van der Waals surface area contributed by atoms with Crippen molar-refractivity contribution in [3.63, 3.8) is 0 Å². The van der Waals surface area contributed by atoms with Crippen LogP contribution in [-0.2, 0) is 0 Å². The number of H-pyrrole nitrogens is 1. The lowest BCUT2D eigenvalue weighted by molar-refractivity contribution is 0.101. The van der Waals surface area contributed by atoms with Crippen LogP contribution in [0.4, 0.5) is 8.78 Å². The first-order valence-corrected chi connectivity index (χ1v) is 7.16. The Labute approximate surface area is 135 Å². The molecule has 3 aromatic rings. The molecule has 0 aliphatic carbocycles. The van der Waals surface area contributed by atoms with Crippen LogP contribution in [0.2, 0.25) is 0 Å². The van der Waals surface area contributed by atoms with Crippen LogP contribution in [0.5, 0.6) is 5.88 Å². The van der Waals surface area contributed by atoms with E-state index in [1.807, 2.05) is 6.07 Å². The minimum absolute atomic E-state index is 0.0165. The number of carbonyl (C=O) groups is 1. The van der Waals surface area contributed by atoms with Gasteiger partial charge in [-0.15, -0.1) is 0 Å². The van der Waals surface area contributed by atoms with E-state index in [9.17, 15) is 18.7 Å². The molecule has 0 atom stereocenters. The molecule has 24 heavy (non-hydrogen) atoms. The predicted molar refractivity (Wildman–Crippen MR) is 84.2 cm³/mol. The summed E-state index contributed by atoms with van der Waals surface area (Å²) in [5, 5.41) is 10.2. The van der Waals surface area contributed by atoms with Gasteiger partial charge in [0.05, 0.1) is 28.1 Å².